The quantitative estimate of drug-likeness (QED) is 0.267. The van der Waals surface area contributed by atoms with E-state index in [1.165, 1.54) is 0 Å². The standard InChI is InChI=1S/2Al.Ca.H2O4S.2H2O.2O.2H/c;;;1-5(2,3)4;;;;;;/h;;;(H2,1,2,3,4);2*1H2;;;;/q2*+1;+2;;;;;;2*-1/p-2. The Labute approximate surface area is 114 Å². The molecule has 0 aromatic rings. The third-order valence-electron chi connectivity index (χ3n) is 0. The summed E-state index contributed by atoms with van der Waals surface area (Å²) < 4.78 is 62.9. The van der Waals surface area contributed by atoms with Gasteiger partial charge in [0.25, 0.3) is 0 Å². The van der Waals surface area contributed by atoms with Crippen molar-refractivity contribution >= 4 is 79.1 Å². The van der Waals surface area contributed by atoms with Gasteiger partial charge in [0.05, 0.1) is 0 Å². The second-order valence-corrected chi connectivity index (χ2v) is 1.98. The van der Waals surface area contributed by atoms with Crippen molar-refractivity contribution in [3.8, 4) is 0 Å². The molecule has 0 aliphatic heterocycles. The van der Waals surface area contributed by atoms with Crippen LogP contribution in [-0.2, 0) is 18.0 Å². The van der Waals surface area contributed by atoms with Gasteiger partial charge in [-0.2, -0.15) is 8.42 Å². The predicted octanol–water partition coefficient (Wildman–Crippen LogP) is -2.92. The number of hydrogen-bond acceptors (Lipinski definition) is 4. The van der Waals surface area contributed by atoms with E-state index in [9.17, 15) is 0 Å². The topological polar surface area (TPSA) is 149 Å². The molecule has 12 heavy (non-hydrogen) atoms. The SMILES string of the molecule is O=S(=O)(O)O.[Ca+2].[H-].[H-].[O]=[Al][OH].[O]=[Al][OH]. The first-order valence-corrected chi connectivity index (χ1v) is 5.06. The second-order valence-electron chi connectivity index (χ2n) is 0.659. The summed E-state index contributed by atoms with van der Waals surface area (Å²) in [6.07, 6.45) is 0. The third-order valence-corrected chi connectivity index (χ3v) is 0. The van der Waals surface area contributed by atoms with Crippen LogP contribution in [0.25, 0.3) is 0 Å². The Hall–Kier alpha value is 1.39. The number of hydrogen-bond donors (Lipinski definition) is 4. The molecule has 0 unspecified atom stereocenters. The van der Waals surface area contributed by atoms with Crippen molar-refractivity contribution in [2.45, 2.75) is 0 Å². The van der Waals surface area contributed by atoms with Gasteiger partial charge >= 0.3 is 95.0 Å². The van der Waals surface area contributed by atoms with Gasteiger partial charge in [0.15, 0.2) is 0 Å². The van der Waals surface area contributed by atoms with Crippen LogP contribution in [0.4, 0.5) is 0 Å². The molecule has 0 aromatic heterocycles. The summed E-state index contributed by atoms with van der Waals surface area (Å²) >= 11 is -3.00. The van der Waals surface area contributed by atoms with E-state index in [1.807, 2.05) is 0 Å². The van der Waals surface area contributed by atoms with Gasteiger partial charge in [0.1, 0.15) is 0 Å². The normalized spacial score (nSPS) is 6.17. The summed E-state index contributed by atoms with van der Waals surface area (Å²) in [6, 6.07) is 0. The Balaban J connectivity index is -0.0000000162. The molecule has 0 atom stereocenters. The first-order chi connectivity index (χ1) is 4.83. The van der Waals surface area contributed by atoms with Gasteiger partial charge in [-0.05, 0) is 0 Å². The molecular weight excluding hydrogens is 254 g/mol. The molecular formula is H6Al2CaO8S. The molecule has 0 spiro atoms. The van der Waals surface area contributed by atoms with E-state index in [0.717, 1.165) is 0 Å². The summed E-state index contributed by atoms with van der Waals surface area (Å²) in [4.78, 5) is 0. The third kappa shape index (κ3) is 633. The van der Waals surface area contributed by atoms with Crippen LogP contribution >= 0.6 is 0 Å². The van der Waals surface area contributed by atoms with Crippen molar-refractivity contribution in [3.63, 3.8) is 0 Å². The maximum absolute atomic E-state index is 8.74. The molecule has 0 saturated heterocycles. The zero-order valence-electron chi connectivity index (χ0n) is 7.69. The molecule has 0 saturated carbocycles. The van der Waals surface area contributed by atoms with Crippen LogP contribution < -0.4 is 0 Å². The predicted molar refractivity (Wildman–Crippen MR) is 39.5 cm³/mol. The van der Waals surface area contributed by atoms with Crippen LogP contribution in [0.5, 0.6) is 0 Å². The number of rotatable bonds is 0. The van der Waals surface area contributed by atoms with Gasteiger partial charge in [-0.1, -0.05) is 0 Å². The summed E-state index contributed by atoms with van der Waals surface area (Å²) in [6.45, 7) is 0. The fourth-order valence-electron chi connectivity index (χ4n) is 0. The molecule has 12 heteroatoms. The monoisotopic (exact) mass is 260 g/mol. The molecule has 0 aliphatic carbocycles. The molecule has 8 nitrogen and oxygen atoms in total. The zero-order chi connectivity index (χ0) is 9.91. The van der Waals surface area contributed by atoms with Crippen LogP contribution in [-0.4, -0.2) is 94.6 Å². The Morgan fingerprint density at radius 3 is 1.00 bits per heavy atom. The molecule has 0 rings (SSSR count). The molecule has 0 aliphatic rings. The molecule has 4 N–H and O–H groups in total. The summed E-state index contributed by atoms with van der Waals surface area (Å²) in [5.74, 6) is 0. The summed E-state index contributed by atoms with van der Waals surface area (Å²) in [5.41, 5.74) is 0. The minimum absolute atomic E-state index is 0. The van der Waals surface area contributed by atoms with Crippen molar-refractivity contribution < 1.29 is 36.3 Å². The van der Waals surface area contributed by atoms with Crippen molar-refractivity contribution in [3.05, 3.63) is 0 Å². The first kappa shape index (κ1) is 23.3. The molecule has 0 heterocycles. The van der Waals surface area contributed by atoms with Crippen LogP contribution in [0.3, 0.4) is 0 Å². The van der Waals surface area contributed by atoms with E-state index in [0.29, 0.717) is 0 Å². The van der Waals surface area contributed by atoms with Crippen LogP contribution in [0, 0.1) is 0 Å². The average molecular weight is 260 g/mol. The van der Waals surface area contributed by atoms with E-state index in [4.69, 9.17) is 33.4 Å². The molecule has 0 aromatic carbocycles. The van der Waals surface area contributed by atoms with Crippen molar-refractivity contribution in [2.75, 3.05) is 0 Å². The summed E-state index contributed by atoms with van der Waals surface area (Å²) in [7, 11) is -4.67. The van der Waals surface area contributed by atoms with Gasteiger partial charge in [0, 0.05) is 0 Å². The van der Waals surface area contributed by atoms with Crippen molar-refractivity contribution in [1.82, 2.24) is 0 Å². The Kier molecular flexibility index (Phi) is 35.4. The minimum atomic E-state index is -4.67. The van der Waals surface area contributed by atoms with E-state index in [1.54, 1.807) is 0 Å². The van der Waals surface area contributed by atoms with Gasteiger partial charge in [0.2, 0.25) is 0 Å². The van der Waals surface area contributed by atoms with Gasteiger partial charge in [-0.3, -0.25) is 9.11 Å². The van der Waals surface area contributed by atoms with Gasteiger partial charge < -0.3 is 2.85 Å². The summed E-state index contributed by atoms with van der Waals surface area (Å²) in [5, 5.41) is 0. The van der Waals surface area contributed by atoms with Crippen LogP contribution in [0.1, 0.15) is 2.85 Å². The van der Waals surface area contributed by atoms with E-state index in [2.05, 4.69) is 0 Å². The molecule has 0 fully saturated rings. The molecule has 68 valence electrons. The van der Waals surface area contributed by atoms with Gasteiger partial charge in [-0.15, -0.1) is 0 Å². The Morgan fingerprint density at radius 2 is 1.00 bits per heavy atom. The maximum atomic E-state index is 8.74. The Morgan fingerprint density at radius 1 is 1.00 bits per heavy atom. The van der Waals surface area contributed by atoms with E-state index in [-0.39, 0.29) is 40.6 Å². The van der Waals surface area contributed by atoms with Crippen LogP contribution in [0.15, 0.2) is 0 Å². The van der Waals surface area contributed by atoms with E-state index < -0.39 is 41.4 Å². The van der Waals surface area contributed by atoms with Crippen LogP contribution in [0.2, 0.25) is 0 Å². The molecule has 0 bridgehead atoms. The Bertz CT molecular complexity index is 166. The fourth-order valence-corrected chi connectivity index (χ4v) is 0. The molecule has 0 radical (unpaired) electrons. The second kappa shape index (κ2) is 18.2. The van der Waals surface area contributed by atoms with Crippen molar-refractivity contribution in [2.24, 2.45) is 0 Å². The van der Waals surface area contributed by atoms with E-state index >= 15 is 0 Å². The first-order valence-electron chi connectivity index (χ1n) is 1.69. The molecule has 0 amide bonds. The average Bonchev–Trinajstić information content (AvgIpc) is 1.62. The fraction of sp³-hybridized carbons (Fsp3) is 0. The van der Waals surface area contributed by atoms with Crippen molar-refractivity contribution in [1.29, 1.82) is 0 Å². The zero-order valence-corrected chi connectivity index (χ0v) is 11.0. The van der Waals surface area contributed by atoms with Gasteiger partial charge in [-0.25, -0.2) is 0 Å².